The molecule has 0 spiro atoms. The quantitative estimate of drug-likeness (QED) is 0.686. The summed E-state index contributed by atoms with van der Waals surface area (Å²) in [4.78, 5) is 8.40. The highest BCUT2D eigenvalue weighted by Gasteiger charge is 2.55. The molecule has 1 aliphatic heterocycles. The van der Waals surface area contributed by atoms with Crippen LogP contribution < -0.4 is 5.73 Å². The van der Waals surface area contributed by atoms with Gasteiger partial charge in [0.05, 0.1) is 17.5 Å². The van der Waals surface area contributed by atoms with E-state index in [-0.39, 0.29) is 30.8 Å². The van der Waals surface area contributed by atoms with Crippen LogP contribution in [0.3, 0.4) is 0 Å². The van der Waals surface area contributed by atoms with E-state index in [0.717, 1.165) is 15.5 Å². The van der Waals surface area contributed by atoms with Crippen molar-refractivity contribution >= 4 is 39.4 Å². The summed E-state index contributed by atoms with van der Waals surface area (Å²) >= 11 is 2.14. The molecule has 1 saturated heterocycles. The van der Waals surface area contributed by atoms with Gasteiger partial charge in [-0.05, 0) is 42.9 Å². The summed E-state index contributed by atoms with van der Waals surface area (Å²) in [6.07, 6.45) is 1.85. The van der Waals surface area contributed by atoms with Gasteiger partial charge >= 0.3 is 0 Å². The van der Waals surface area contributed by atoms with E-state index in [2.05, 4.69) is 37.7 Å². The van der Waals surface area contributed by atoms with Crippen LogP contribution in [0.25, 0.3) is 11.0 Å². The Morgan fingerprint density at radius 2 is 2.13 bits per heavy atom. The van der Waals surface area contributed by atoms with Gasteiger partial charge in [0, 0.05) is 12.5 Å². The monoisotopic (exact) mass is 431 g/mol. The molecule has 1 saturated carbocycles. The lowest BCUT2D eigenvalue weighted by Gasteiger charge is -2.23. The van der Waals surface area contributed by atoms with Gasteiger partial charge in [-0.2, -0.15) is 5.10 Å². The second-order valence-corrected chi connectivity index (χ2v) is 7.53. The van der Waals surface area contributed by atoms with Gasteiger partial charge in [-0.25, -0.2) is 14.6 Å². The molecule has 4 unspecified atom stereocenters. The number of rotatable bonds is 2. The maximum Gasteiger partial charge on any atom is 0.164 e. The van der Waals surface area contributed by atoms with Crippen LogP contribution in [0.5, 0.6) is 0 Å². The second-order valence-electron chi connectivity index (χ2n) is 6.50. The van der Waals surface area contributed by atoms with E-state index >= 15 is 0 Å². The number of nitrogens with two attached hydrogens (primary N) is 1. The van der Waals surface area contributed by atoms with Gasteiger partial charge in [-0.1, -0.05) is 0 Å². The lowest BCUT2D eigenvalue weighted by atomic mass is 10.1. The zero-order valence-corrected chi connectivity index (χ0v) is 15.0. The number of ether oxygens (including phenoxy) is 2. The Morgan fingerprint density at radius 3 is 2.87 bits per heavy atom. The Kier molecular flexibility index (Phi) is 3.52. The van der Waals surface area contributed by atoms with Crippen molar-refractivity contribution in [2.24, 2.45) is 5.92 Å². The van der Waals surface area contributed by atoms with E-state index in [1.165, 1.54) is 6.33 Å². The third kappa shape index (κ3) is 2.32. The van der Waals surface area contributed by atoms with E-state index < -0.39 is 5.79 Å². The Bertz CT molecular complexity index is 764. The number of hydrogen-bond acceptors (Lipinski definition) is 7. The van der Waals surface area contributed by atoms with Crippen molar-refractivity contribution in [3.63, 3.8) is 0 Å². The topological polar surface area (TPSA) is 108 Å². The molecule has 0 radical (unpaired) electrons. The lowest BCUT2D eigenvalue weighted by molar-refractivity contribution is -0.162. The van der Waals surface area contributed by atoms with Crippen molar-refractivity contribution in [2.45, 2.75) is 44.3 Å². The van der Waals surface area contributed by atoms with Crippen molar-refractivity contribution in [3.05, 3.63) is 10.0 Å². The Morgan fingerprint density at radius 1 is 1.39 bits per heavy atom. The molecule has 8 nitrogen and oxygen atoms in total. The number of aliphatic hydroxyl groups excluding tert-OH is 1. The van der Waals surface area contributed by atoms with Gasteiger partial charge < -0.3 is 20.3 Å². The fourth-order valence-corrected chi connectivity index (χ4v) is 4.41. The van der Waals surface area contributed by atoms with Crippen molar-refractivity contribution in [3.8, 4) is 0 Å². The average Bonchev–Trinajstić information content (AvgIpc) is 3.08. The van der Waals surface area contributed by atoms with Gasteiger partial charge in [0.25, 0.3) is 0 Å². The molecule has 3 heterocycles. The molecule has 4 rings (SSSR count). The fourth-order valence-electron chi connectivity index (χ4n) is 3.66. The summed E-state index contributed by atoms with van der Waals surface area (Å²) in [5, 5.41) is 15.1. The molecule has 4 atom stereocenters. The number of hydrogen-bond donors (Lipinski definition) is 2. The van der Waals surface area contributed by atoms with Crippen molar-refractivity contribution in [1.82, 2.24) is 19.7 Å². The molecular formula is C14H18IN5O3. The molecule has 0 aromatic carbocycles. The third-order valence-corrected chi connectivity index (χ3v) is 5.33. The number of nitrogen functional groups attached to an aromatic ring is 1. The predicted octanol–water partition coefficient (Wildman–Crippen LogP) is 1.09. The minimum Gasteiger partial charge on any atom is -0.396 e. The number of nitrogens with zero attached hydrogens (tertiary/aromatic N) is 4. The second kappa shape index (κ2) is 5.23. The first-order chi connectivity index (χ1) is 10.9. The first-order valence-corrected chi connectivity index (χ1v) is 8.60. The van der Waals surface area contributed by atoms with Gasteiger partial charge in [0.15, 0.2) is 11.4 Å². The third-order valence-electron chi connectivity index (χ3n) is 4.58. The average molecular weight is 431 g/mol. The highest BCUT2D eigenvalue weighted by Crippen LogP contribution is 2.47. The summed E-state index contributed by atoms with van der Waals surface area (Å²) in [6.45, 7) is 3.84. The Balaban J connectivity index is 1.81. The number of aliphatic hydroxyl groups is 1. The summed E-state index contributed by atoms with van der Waals surface area (Å²) < 4.78 is 14.7. The first-order valence-electron chi connectivity index (χ1n) is 7.52. The summed E-state index contributed by atoms with van der Waals surface area (Å²) in [6, 6.07) is -0.0563. The normalized spacial score (nSPS) is 32.5. The van der Waals surface area contributed by atoms with Crippen molar-refractivity contribution in [2.75, 3.05) is 12.3 Å². The van der Waals surface area contributed by atoms with Crippen LogP contribution in [0.2, 0.25) is 0 Å². The number of anilines is 1. The van der Waals surface area contributed by atoms with Crippen LogP contribution in [0.15, 0.2) is 6.33 Å². The van der Waals surface area contributed by atoms with Crippen LogP contribution in [-0.2, 0) is 9.47 Å². The van der Waals surface area contributed by atoms with E-state index in [9.17, 15) is 5.11 Å². The van der Waals surface area contributed by atoms with Crippen LogP contribution in [0.1, 0.15) is 26.3 Å². The van der Waals surface area contributed by atoms with E-state index in [1.807, 2.05) is 18.5 Å². The fraction of sp³-hybridized carbons (Fsp3) is 0.643. The van der Waals surface area contributed by atoms with Crippen LogP contribution >= 0.6 is 22.6 Å². The molecule has 2 fully saturated rings. The smallest absolute Gasteiger partial charge is 0.164 e. The maximum atomic E-state index is 9.70. The highest BCUT2D eigenvalue weighted by molar-refractivity contribution is 14.1. The molecule has 2 aromatic rings. The maximum absolute atomic E-state index is 9.70. The summed E-state index contributed by atoms with van der Waals surface area (Å²) in [5.74, 6) is -0.225. The Hall–Kier alpha value is -1.04. The van der Waals surface area contributed by atoms with Crippen LogP contribution in [-0.4, -0.2) is 49.5 Å². The summed E-state index contributed by atoms with van der Waals surface area (Å²) in [5.41, 5.74) is 6.66. The standard InChI is InChI=1S/C14H18IN5O3/c1-14(2)22-9-6(4-21)3-7(10(9)23-14)20-13-8(11(15)19-20)12(16)17-5-18-13/h5-7,9-10,21H,3-4H2,1-2H3,(H2,16,17,18). The van der Waals surface area contributed by atoms with E-state index in [0.29, 0.717) is 11.5 Å². The molecule has 0 amide bonds. The molecule has 3 N–H and O–H groups in total. The van der Waals surface area contributed by atoms with E-state index in [1.54, 1.807) is 0 Å². The SMILES string of the molecule is CC1(C)OC2C(CO)CC(n3nc(I)c4c(N)ncnc43)C2O1. The molecular weight excluding hydrogens is 413 g/mol. The minimum absolute atomic E-state index is 0.0165. The van der Waals surface area contributed by atoms with Gasteiger partial charge in [-0.15, -0.1) is 0 Å². The zero-order valence-electron chi connectivity index (χ0n) is 12.8. The van der Waals surface area contributed by atoms with Gasteiger partial charge in [0.1, 0.15) is 21.9 Å². The molecule has 23 heavy (non-hydrogen) atoms. The van der Waals surface area contributed by atoms with Gasteiger partial charge in [-0.3, -0.25) is 0 Å². The van der Waals surface area contributed by atoms with Crippen LogP contribution in [0, 0.1) is 9.62 Å². The highest BCUT2D eigenvalue weighted by atomic mass is 127. The Labute approximate surface area is 146 Å². The first kappa shape index (κ1) is 15.5. The zero-order chi connectivity index (χ0) is 16.4. The predicted molar refractivity (Wildman–Crippen MR) is 90.5 cm³/mol. The van der Waals surface area contributed by atoms with Crippen LogP contribution in [0.4, 0.5) is 5.82 Å². The van der Waals surface area contributed by atoms with Crippen molar-refractivity contribution < 1.29 is 14.6 Å². The summed E-state index contributed by atoms with van der Waals surface area (Å²) in [7, 11) is 0. The molecule has 1 aliphatic carbocycles. The van der Waals surface area contributed by atoms with Gasteiger partial charge in [0.2, 0.25) is 0 Å². The lowest BCUT2D eigenvalue weighted by Crippen LogP contribution is -2.28. The van der Waals surface area contributed by atoms with Crippen molar-refractivity contribution in [1.29, 1.82) is 0 Å². The molecule has 2 aromatic heterocycles. The molecule has 2 aliphatic rings. The largest absolute Gasteiger partial charge is 0.396 e. The van der Waals surface area contributed by atoms with E-state index in [4.69, 9.17) is 15.2 Å². The number of aromatic nitrogens is 4. The molecule has 0 bridgehead atoms. The molecule has 124 valence electrons. The number of fused-ring (bicyclic) bond motifs is 2. The number of halogens is 1. The molecule has 9 heteroatoms. The minimum atomic E-state index is -0.661.